The second-order valence-electron chi connectivity index (χ2n) is 5.22. The van der Waals surface area contributed by atoms with Gasteiger partial charge in [-0.2, -0.15) is 0 Å². The minimum Gasteiger partial charge on any atom is -0.377 e. The molecule has 0 aliphatic heterocycles. The Morgan fingerprint density at radius 3 is 2.52 bits per heavy atom. The van der Waals surface area contributed by atoms with E-state index >= 15 is 0 Å². The molecular weight excluding hydrogens is 292 g/mol. The number of nitrogens with zero attached hydrogens (tertiary/aromatic N) is 1. The fraction of sp³-hybridized carbons (Fsp3) is 0.571. The van der Waals surface area contributed by atoms with Crippen LogP contribution in [0, 0.1) is 10.1 Å². The van der Waals surface area contributed by atoms with Gasteiger partial charge in [-0.15, -0.1) is 0 Å². The van der Waals surface area contributed by atoms with Crippen LogP contribution in [0.25, 0.3) is 0 Å². The molecule has 1 aromatic rings. The van der Waals surface area contributed by atoms with Gasteiger partial charge in [-0.05, 0) is 25.5 Å². The lowest BCUT2D eigenvalue weighted by Crippen LogP contribution is -2.17. The van der Waals surface area contributed by atoms with Crippen molar-refractivity contribution in [3.63, 3.8) is 0 Å². The van der Waals surface area contributed by atoms with Crippen molar-refractivity contribution in [2.24, 2.45) is 0 Å². The molecule has 0 aliphatic carbocycles. The molecule has 7 heteroatoms. The van der Waals surface area contributed by atoms with E-state index in [9.17, 15) is 18.5 Å². The number of anilines is 1. The van der Waals surface area contributed by atoms with Crippen molar-refractivity contribution >= 4 is 21.2 Å². The third-order valence-electron chi connectivity index (χ3n) is 3.22. The van der Waals surface area contributed by atoms with Gasteiger partial charge >= 0.3 is 5.69 Å². The lowest BCUT2D eigenvalue weighted by molar-refractivity contribution is -0.386. The third-order valence-corrected chi connectivity index (χ3v) is 4.35. The van der Waals surface area contributed by atoms with E-state index in [2.05, 4.69) is 12.2 Å². The number of para-hydroxylation sites is 1. The molecule has 0 spiro atoms. The minimum atomic E-state index is -3.64. The Kier molecular flexibility index (Phi) is 6.14. The van der Waals surface area contributed by atoms with Crippen LogP contribution in [0.5, 0.6) is 0 Å². The molecule has 0 fully saturated rings. The lowest BCUT2D eigenvalue weighted by atomic mass is 10.1. The molecule has 21 heavy (non-hydrogen) atoms. The van der Waals surface area contributed by atoms with Crippen LogP contribution in [-0.4, -0.2) is 25.6 Å². The van der Waals surface area contributed by atoms with Crippen molar-refractivity contribution in [3.05, 3.63) is 28.3 Å². The molecule has 0 saturated carbocycles. The van der Waals surface area contributed by atoms with Crippen LogP contribution in [0.3, 0.4) is 0 Å². The molecule has 0 heterocycles. The van der Waals surface area contributed by atoms with Crippen molar-refractivity contribution in [2.75, 3.05) is 11.6 Å². The Hall–Kier alpha value is -1.63. The number of sulfone groups is 1. The summed E-state index contributed by atoms with van der Waals surface area (Å²) >= 11 is 0. The summed E-state index contributed by atoms with van der Waals surface area (Å²) < 4.78 is 23.3. The SMILES string of the molecule is CCCCCC(C)Nc1cccc(S(C)(=O)=O)c1[N+](=O)[O-]. The van der Waals surface area contributed by atoms with Crippen LogP contribution < -0.4 is 5.32 Å². The zero-order valence-corrected chi connectivity index (χ0v) is 13.4. The highest BCUT2D eigenvalue weighted by atomic mass is 32.2. The van der Waals surface area contributed by atoms with Crippen molar-refractivity contribution < 1.29 is 13.3 Å². The molecule has 0 bridgehead atoms. The first kappa shape index (κ1) is 17.4. The fourth-order valence-corrected chi connectivity index (χ4v) is 3.03. The maximum absolute atomic E-state index is 11.7. The van der Waals surface area contributed by atoms with Crippen LogP contribution in [0.15, 0.2) is 23.1 Å². The smallest absolute Gasteiger partial charge is 0.310 e. The van der Waals surface area contributed by atoms with Crippen LogP contribution in [0.2, 0.25) is 0 Å². The Morgan fingerprint density at radius 1 is 1.33 bits per heavy atom. The molecule has 1 unspecified atom stereocenters. The van der Waals surface area contributed by atoms with Crippen molar-refractivity contribution in [1.29, 1.82) is 0 Å². The molecule has 6 nitrogen and oxygen atoms in total. The first-order valence-corrected chi connectivity index (χ1v) is 8.90. The lowest BCUT2D eigenvalue weighted by Gasteiger charge is -2.16. The number of nitro groups is 1. The molecular formula is C14H22N2O4S. The van der Waals surface area contributed by atoms with Gasteiger partial charge in [0.2, 0.25) is 0 Å². The van der Waals surface area contributed by atoms with Gasteiger partial charge in [-0.25, -0.2) is 8.42 Å². The van der Waals surface area contributed by atoms with Crippen molar-refractivity contribution in [1.82, 2.24) is 0 Å². The predicted octanol–water partition coefficient (Wildman–Crippen LogP) is 3.38. The first-order chi connectivity index (χ1) is 9.77. The van der Waals surface area contributed by atoms with Gasteiger partial charge in [-0.1, -0.05) is 32.3 Å². The second-order valence-corrected chi connectivity index (χ2v) is 7.21. The molecule has 0 amide bonds. The summed E-state index contributed by atoms with van der Waals surface area (Å²) in [5.41, 5.74) is -0.116. The summed E-state index contributed by atoms with van der Waals surface area (Å²) in [6, 6.07) is 4.37. The molecule has 1 rings (SSSR count). The molecule has 1 aromatic carbocycles. The van der Waals surface area contributed by atoms with Gasteiger partial charge in [-0.3, -0.25) is 10.1 Å². The maximum atomic E-state index is 11.7. The summed E-state index contributed by atoms with van der Waals surface area (Å²) in [6.07, 6.45) is 5.11. The third kappa shape index (κ3) is 5.00. The largest absolute Gasteiger partial charge is 0.377 e. The van der Waals surface area contributed by atoms with E-state index in [0.29, 0.717) is 0 Å². The van der Waals surface area contributed by atoms with Crippen LogP contribution >= 0.6 is 0 Å². The van der Waals surface area contributed by atoms with E-state index < -0.39 is 14.8 Å². The number of unbranched alkanes of at least 4 members (excludes halogenated alkanes) is 2. The van der Waals surface area contributed by atoms with Crippen molar-refractivity contribution in [3.8, 4) is 0 Å². The Morgan fingerprint density at radius 2 is 2.00 bits per heavy atom. The van der Waals surface area contributed by atoms with Gasteiger partial charge in [0, 0.05) is 12.3 Å². The Labute approximate surface area is 125 Å². The van der Waals surface area contributed by atoms with Gasteiger partial charge in [0.25, 0.3) is 0 Å². The quantitative estimate of drug-likeness (QED) is 0.451. The molecule has 1 atom stereocenters. The summed E-state index contributed by atoms with van der Waals surface area (Å²) in [7, 11) is -3.64. The highest BCUT2D eigenvalue weighted by Crippen LogP contribution is 2.32. The highest BCUT2D eigenvalue weighted by Gasteiger charge is 2.26. The average Bonchev–Trinajstić information content (AvgIpc) is 2.37. The average molecular weight is 314 g/mol. The Balaban J connectivity index is 3.05. The maximum Gasteiger partial charge on any atom is 0.310 e. The number of hydrogen-bond donors (Lipinski definition) is 1. The monoisotopic (exact) mass is 314 g/mol. The predicted molar refractivity (Wildman–Crippen MR) is 83.4 cm³/mol. The fourth-order valence-electron chi connectivity index (χ4n) is 2.16. The van der Waals surface area contributed by atoms with E-state index in [1.165, 1.54) is 12.1 Å². The van der Waals surface area contributed by atoms with Gasteiger partial charge in [0.1, 0.15) is 10.6 Å². The van der Waals surface area contributed by atoms with Crippen molar-refractivity contribution in [2.45, 2.75) is 50.5 Å². The Bertz CT molecular complexity index is 599. The van der Waals surface area contributed by atoms with Crippen LogP contribution in [0.4, 0.5) is 11.4 Å². The van der Waals surface area contributed by atoms with Gasteiger partial charge in [0.15, 0.2) is 9.84 Å². The summed E-state index contributed by atoms with van der Waals surface area (Å²) in [6.45, 7) is 4.05. The normalized spacial score (nSPS) is 12.9. The number of benzene rings is 1. The minimum absolute atomic E-state index is 0.0464. The molecule has 0 aromatic heterocycles. The molecule has 0 aliphatic rings. The number of nitro benzene ring substituents is 1. The summed E-state index contributed by atoms with van der Waals surface area (Å²) in [4.78, 5) is 10.3. The highest BCUT2D eigenvalue weighted by molar-refractivity contribution is 7.90. The van der Waals surface area contributed by atoms with E-state index in [1.807, 2.05) is 6.92 Å². The topological polar surface area (TPSA) is 89.3 Å². The standard InChI is InChI=1S/C14H22N2O4S/c1-4-5-6-8-11(2)15-12-9-7-10-13(21(3,19)20)14(12)16(17)18/h7,9-11,15H,4-6,8H2,1-3H3. The van der Waals surface area contributed by atoms with Crippen LogP contribution in [0.1, 0.15) is 39.5 Å². The first-order valence-electron chi connectivity index (χ1n) is 7.01. The van der Waals surface area contributed by atoms with Gasteiger partial charge in [0.05, 0.1) is 4.92 Å². The summed E-state index contributed by atoms with van der Waals surface area (Å²) in [5, 5.41) is 14.3. The zero-order chi connectivity index (χ0) is 16.0. The van der Waals surface area contributed by atoms with E-state index in [1.54, 1.807) is 6.07 Å². The molecule has 0 radical (unpaired) electrons. The number of rotatable bonds is 8. The zero-order valence-electron chi connectivity index (χ0n) is 12.6. The van der Waals surface area contributed by atoms with E-state index in [-0.39, 0.29) is 22.3 Å². The van der Waals surface area contributed by atoms with E-state index in [4.69, 9.17) is 0 Å². The second kappa shape index (κ2) is 7.40. The molecule has 1 N–H and O–H groups in total. The number of nitrogens with one attached hydrogen (secondary N) is 1. The number of hydrogen-bond acceptors (Lipinski definition) is 5. The summed E-state index contributed by atoms with van der Waals surface area (Å²) in [5.74, 6) is 0. The van der Waals surface area contributed by atoms with Gasteiger partial charge < -0.3 is 5.32 Å². The van der Waals surface area contributed by atoms with E-state index in [0.717, 1.165) is 31.9 Å². The molecule has 0 saturated heterocycles. The van der Waals surface area contributed by atoms with Crippen LogP contribution in [-0.2, 0) is 9.84 Å². The molecule has 118 valence electrons.